The molecule has 2 aromatic carbocycles. The maximum atomic E-state index is 12.1. The van der Waals surface area contributed by atoms with E-state index in [9.17, 15) is 15.0 Å². The SMILES string of the molecule is Cc1cccc(C(O)CNC(=O)CC(C)(O)c2ccccc2)c1. The Morgan fingerprint density at radius 1 is 1.17 bits per heavy atom. The number of aryl methyl sites for hydroxylation is 1. The molecule has 0 aromatic heterocycles. The molecular formula is C19H23NO3. The molecule has 1 amide bonds. The fourth-order valence-electron chi connectivity index (χ4n) is 2.48. The zero-order valence-corrected chi connectivity index (χ0v) is 13.5. The largest absolute Gasteiger partial charge is 0.387 e. The summed E-state index contributed by atoms with van der Waals surface area (Å²) in [6.07, 6.45) is -0.821. The Hall–Kier alpha value is -2.17. The molecule has 0 aliphatic carbocycles. The van der Waals surface area contributed by atoms with Gasteiger partial charge in [0.05, 0.1) is 18.1 Å². The Balaban J connectivity index is 1.90. The second-order valence-electron chi connectivity index (χ2n) is 6.05. The number of nitrogens with one attached hydrogen (secondary N) is 1. The van der Waals surface area contributed by atoms with E-state index in [0.29, 0.717) is 5.56 Å². The van der Waals surface area contributed by atoms with Gasteiger partial charge >= 0.3 is 0 Å². The van der Waals surface area contributed by atoms with E-state index in [2.05, 4.69) is 5.32 Å². The molecule has 122 valence electrons. The highest BCUT2D eigenvalue weighted by atomic mass is 16.3. The summed E-state index contributed by atoms with van der Waals surface area (Å²) in [4.78, 5) is 12.1. The fourth-order valence-corrected chi connectivity index (χ4v) is 2.48. The highest BCUT2D eigenvalue weighted by Gasteiger charge is 2.26. The Morgan fingerprint density at radius 2 is 1.87 bits per heavy atom. The standard InChI is InChI=1S/C19H23NO3/c1-14-7-6-8-15(11-14)17(21)13-20-18(22)12-19(2,23)16-9-4-3-5-10-16/h3-11,17,21,23H,12-13H2,1-2H3,(H,20,22). The molecule has 0 fully saturated rings. The first kappa shape index (κ1) is 17.2. The zero-order chi connectivity index (χ0) is 16.9. The van der Waals surface area contributed by atoms with Crippen molar-refractivity contribution in [3.63, 3.8) is 0 Å². The summed E-state index contributed by atoms with van der Waals surface area (Å²) in [5, 5.41) is 23.3. The maximum absolute atomic E-state index is 12.1. The Bertz CT molecular complexity index is 653. The summed E-state index contributed by atoms with van der Waals surface area (Å²) in [7, 11) is 0. The average Bonchev–Trinajstić information content (AvgIpc) is 2.53. The van der Waals surface area contributed by atoms with Crippen molar-refractivity contribution in [2.24, 2.45) is 0 Å². The molecule has 0 spiro atoms. The number of aliphatic hydroxyl groups is 2. The summed E-state index contributed by atoms with van der Waals surface area (Å²) in [6.45, 7) is 3.68. The fraction of sp³-hybridized carbons (Fsp3) is 0.316. The third-order valence-electron chi connectivity index (χ3n) is 3.82. The molecule has 23 heavy (non-hydrogen) atoms. The first-order valence-electron chi connectivity index (χ1n) is 7.68. The maximum Gasteiger partial charge on any atom is 0.223 e. The smallest absolute Gasteiger partial charge is 0.223 e. The van der Waals surface area contributed by atoms with Crippen molar-refractivity contribution in [1.29, 1.82) is 0 Å². The highest BCUT2D eigenvalue weighted by molar-refractivity contribution is 5.77. The van der Waals surface area contributed by atoms with Gasteiger partial charge in [-0.1, -0.05) is 60.2 Å². The van der Waals surface area contributed by atoms with Crippen LogP contribution in [-0.4, -0.2) is 22.7 Å². The van der Waals surface area contributed by atoms with Crippen LogP contribution in [0.2, 0.25) is 0 Å². The lowest BCUT2D eigenvalue weighted by molar-refractivity contribution is -0.126. The van der Waals surface area contributed by atoms with Crippen LogP contribution in [0.4, 0.5) is 0 Å². The van der Waals surface area contributed by atoms with Crippen molar-refractivity contribution < 1.29 is 15.0 Å². The highest BCUT2D eigenvalue weighted by Crippen LogP contribution is 2.24. The summed E-state index contributed by atoms with van der Waals surface area (Å²) >= 11 is 0. The minimum atomic E-state index is -1.24. The second kappa shape index (κ2) is 7.40. The van der Waals surface area contributed by atoms with Crippen LogP contribution in [0.25, 0.3) is 0 Å². The van der Waals surface area contributed by atoms with Crippen LogP contribution in [-0.2, 0) is 10.4 Å². The van der Waals surface area contributed by atoms with Crippen molar-refractivity contribution in [2.45, 2.75) is 32.0 Å². The molecule has 0 saturated carbocycles. The number of carbonyl (C=O) groups is 1. The molecule has 4 nitrogen and oxygen atoms in total. The molecule has 2 unspecified atom stereocenters. The van der Waals surface area contributed by atoms with Crippen molar-refractivity contribution in [3.8, 4) is 0 Å². The molecule has 0 radical (unpaired) electrons. The first-order valence-corrected chi connectivity index (χ1v) is 7.68. The van der Waals surface area contributed by atoms with Crippen molar-refractivity contribution in [2.75, 3.05) is 6.54 Å². The van der Waals surface area contributed by atoms with E-state index in [1.54, 1.807) is 19.1 Å². The number of rotatable bonds is 6. The van der Waals surface area contributed by atoms with Gasteiger partial charge in [-0.15, -0.1) is 0 Å². The van der Waals surface area contributed by atoms with Gasteiger partial charge in [-0.05, 0) is 25.0 Å². The minimum absolute atomic E-state index is 0.0580. The summed E-state index contributed by atoms with van der Waals surface area (Å²) in [5.74, 6) is -0.300. The molecule has 2 aromatic rings. The average molecular weight is 313 g/mol. The summed E-state index contributed by atoms with van der Waals surface area (Å²) in [5.41, 5.74) is 1.27. The van der Waals surface area contributed by atoms with Gasteiger partial charge < -0.3 is 15.5 Å². The predicted molar refractivity (Wildman–Crippen MR) is 89.8 cm³/mol. The number of amides is 1. The van der Waals surface area contributed by atoms with E-state index in [0.717, 1.165) is 11.1 Å². The van der Waals surface area contributed by atoms with Crippen LogP contribution in [0.3, 0.4) is 0 Å². The van der Waals surface area contributed by atoms with E-state index in [4.69, 9.17) is 0 Å². The Labute approximate surface area is 136 Å². The van der Waals surface area contributed by atoms with E-state index in [-0.39, 0.29) is 18.9 Å². The topological polar surface area (TPSA) is 69.6 Å². The first-order chi connectivity index (χ1) is 10.9. The van der Waals surface area contributed by atoms with Crippen molar-refractivity contribution in [1.82, 2.24) is 5.32 Å². The van der Waals surface area contributed by atoms with Crippen LogP contribution in [0.5, 0.6) is 0 Å². The van der Waals surface area contributed by atoms with Gasteiger partial charge in [0.1, 0.15) is 0 Å². The van der Waals surface area contributed by atoms with Crippen molar-refractivity contribution in [3.05, 3.63) is 71.3 Å². The predicted octanol–water partition coefficient (Wildman–Crippen LogP) is 2.44. The summed E-state index contributed by atoms with van der Waals surface area (Å²) in [6, 6.07) is 16.6. The number of carbonyl (C=O) groups excluding carboxylic acids is 1. The van der Waals surface area contributed by atoms with Crippen LogP contribution in [0.1, 0.15) is 36.1 Å². The third kappa shape index (κ3) is 4.91. The molecule has 0 bridgehead atoms. The van der Waals surface area contributed by atoms with Gasteiger partial charge in [0.15, 0.2) is 0 Å². The van der Waals surface area contributed by atoms with Gasteiger partial charge in [-0.2, -0.15) is 0 Å². The number of hydrogen-bond donors (Lipinski definition) is 3. The molecule has 0 saturated heterocycles. The van der Waals surface area contributed by atoms with Gasteiger partial charge in [0.25, 0.3) is 0 Å². The van der Waals surface area contributed by atoms with E-state index >= 15 is 0 Å². The number of hydrogen-bond acceptors (Lipinski definition) is 3. The molecule has 0 aliphatic heterocycles. The van der Waals surface area contributed by atoms with Gasteiger partial charge in [-0.25, -0.2) is 0 Å². The number of aliphatic hydroxyl groups excluding tert-OH is 1. The quantitative estimate of drug-likeness (QED) is 0.767. The molecule has 0 heterocycles. The molecule has 0 aliphatic rings. The minimum Gasteiger partial charge on any atom is -0.387 e. The molecule has 3 N–H and O–H groups in total. The van der Waals surface area contributed by atoms with E-state index < -0.39 is 11.7 Å². The molecule has 4 heteroatoms. The lowest BCUT2D eigenvalue weighted by Crippen LogP contribution is -2.34. The lowest BCUT2D eigenvalue weighted by atomic mass is 9.92. The second-order valence-corrected chi connectivity index (χ2v) is 6.05. The van der Waals surface area contributed by atoms with Crippen LogP contribution in [0, 0.1) is 6.92 Å². The van der Waals surface area contributed by atoms with Crippen LogP contribution >= 0.6 is 0 Å². The van der Waals surface area contributed by atoms with Crippen LogP contribution < -0.4 is 5.32 Å². The number of benzene rings is 2. The summed E-state index contributed by atoms with van der Waals surface area (Å²) < 4.78 is 0. The molecule has 2 atom stereocenters. The Kier molecular flexibility index (Phi) is 5.53. The van der Waals surface area contributed by atoms with Crippen molar-refractivity contribution >= 4 is 5.91 Å². The normalized spacial score (nSPS) is 14.8. The van der Waals surface area contributed by atoms with E-state index in [1.165, 1.54) is 0 Å². The van der Waals surface area contributed by atoms with Gasteiger partial charge in [0, 0.05) is 6.54 Å². The van der Waals surface area contributed by atoms with Gasteiger partial charge in [-0.3, -0.25) is 4.79 Å². The zero-order valence-electron chi connectivity index (χ0n) is 13.5. The lowest BCUT2D eigenvalue weighted by Gasteiger charge is -2.23. The van der Waals surface area contributed by atoms with Crippen LogP contribution in [0.15, 0.2) is 54.6 Å². The van der Waals surface area contributed by atoms with Gasteiger partial charge in [0.2, 0.25) is 5.91 Å². The third-order valence-corrected chi connectivity index (χ3v) is 3.82. The Morgan fingerprint density at radius 3 is 2.52 bits per heavy atom. The molecular weight excluding hydrogens is 290 g/mol. The molecule has 2 rings (SSSR count). The van der Waals surface area contributed by atoms with E-state index in [1.807, 2.05) is 49.4 Å². The monoisotopic (exact) mass is 313 g/mol.